The number of piperidine rings is 1. The summed E-state index contributed by atoms with van der Waals surface area (Å²) >= 11 is 0. The third-order valence-electron chi connectivity index (χ3n) is 4.30. The molecule has 21 heavy (non-hydrogen) atoms. The first-order valence-electron chi connectivity index (χ1n) is 7.87. The van der Waals surface area contributed by atoms with Crippen molar-refractivity contribution in [3.63, 3.8) is 0 Å². The molecule has 6 heteroatoms. The van der Waals surface area contributed by atoms with Crippen LogP contribution in [0.25, 0.3) is 0 Å². The Morgan fingerprint density at radius 2 is 2.14 bits per heavy atom. The number of hydrogen-bond donors (Lipinski definition) is 1. The third-order valence-corrected chi connectivity index (χ3v) is 4.30. The van der Waals surface area contributed by atoms with E-state index in [2.05, 4.69) is 20.4 Å². The molecule has 2 fully saturated rings. The second-order valence-electron chi connectivity index (χ2n) is 5.84. The van der Waals surface area contributed by atoms with Crippen molar-refractivity contribution in [3.05, 3.63) is 18.3 Å². The van der Waals surface area contributed by atoms with Crippen LogP contribution in [0.15, 0.2) is 18.3 Å². The molecule has 2 aliphatic heterocycles. The molecule has 2 aliphatic rings. The summed E-state index contributed by atoms with van der Waals surface area (Å²) in [7, 11) is 0. The minimum Gasteiger partial charge on any atom is -0.354 e. The number of amides is 1. The van der Waals surface area contributed by atoms with Crippen LogP contribution in [0.4, 0.5) is 5.82 Å². The number of carbonyl (C=O) groups excluding carboxylic acids is 1. The van der Waals surface area contributed by atoms with Gasteiger partial charge in [0.05, 0.1) is 6.54 Å². The van der Waals surface area contributed by atoms with Crippen molar-refractivity contribution in [3.8, 4) is 0 Å². The van der Waals surface area contributed by atoms with Gasteiger partial charge in [-0.3, -0.25) is 4.79 Å². The van der Waals surface area contributed by atoms with Crippen molar-refractivity contribution in [1.82, 2.24) is 20.4 Å². The highest BCUT2D eigenvalue weighted by atomic mass is 16.2. The monoisotopic (exact) mass is 289 g/mol. The fourth-order valence-corrected chi connectivity index (χ4v) is 3.12. The molecule has 2 saturated heterocycles. The van der Waals surface area contributed by atoms with Crippen LogP contribution < -0.4 is 10.2 Å². The lowest BCUT2D eigenvalue weighted by Crippen LogP contribution is -2.49. The van der Waals surface area contributed by atoms with Crippen LogP contribution in [-0.4, -0.2) is 59.8 Å². The molecule has 3 rings (SSSR count). The van der Waals surface area contributed by atoms with E-state index in [4.69, 9.17) is 0 Å². The van der Waals surface area contributed by atoms with E-state index in [0.717, 1.165) is 57.7 Å². The standard InChI is InChI=1S/C15H23N5O/c21-15(19-8-1-2-9-19)11-16-13-5-4-10-20(12-13)14-6-3-7-17-18-14/h3,6-7,13,16H,1-2,4-5,8-12H2/t13-/m0/s1. The van der Waals surface area contributed by atoms with Gasteiger partial charge in [-0.15, -0.1) is 5.10 Å². The Hall–Kier alpha value is -1.69. The Morgan fingerprint density at radius 1 is 1.29 bits per heavy atom. The SMILES string of the molecule is O=C(CN[C@H]1CCCN(c2cccnn2)C1)N1CCCC1. The molecule has 1 N–H and O–H groups in total. The van der Waals surface area contributed by atoms with E-state index >= 15 is 0 Å². The predicted molar refractivity (Wildman–Crippen MR) is 81.1 cm³/mol. The summed E-state index contributed by atoms with van der Waals surface area (Å²) < 4.78 is 0. The Kier molecular flexibility index (Phi) is 4.65. The zero-order chi connectivity index (χ0) is 14.5. The summed E-state index contributed by atoms with van der Waals surface area (Å²) in [5.41, 5.74) is 0. The van der Waals surface area contributed by atoms with Gasteiger partial charge < -0.3 is 15.1 Å². The Labute approximate surface area is 125 Å². The van der Waals surface area contributed by atoms with Crippen LogP contribution in [0.1, 0.15) is 25.7 Å². The van der Waals surface area contributed by atoms with Gasteiger partial charge in [-0.25, -0.2) is 0 Å². The molecule has 0 unspecified atom stereocenters. The lowest BCUT2D eigenvalue weighted by atomic mass is 10.1. The van der Waals surface area contributed by atoms with E-state index in [9.17, 15) is 4.79 Å². The van der Waals surface area contributed by atoms with Gasteiger partial charge in [-0.05, 0) is 37.8 Å². The maximum absolute atomic E-state index is 12.1. The highest BCUT2D eigenvalue weighted by Crippen LogP contribution is 2.16. The van der Waals surface area contributed by atoms with E-state index in [-0.39, 0.29) is 5.91 Å². The van der Waals surface area contributed by atoms with Crippen LogP contribution in [-0.2, 0) is 4.79 Å². The summed E-state index contributed by atoms with van der Waals surface area (Å²) in [5.74, 6) is 1.17. The van der Waals surface area contributed by atoms with Crippen LogP contribution in [0.5, 0.6) is 0 Å². The maximum atomic E-state index is 12.1. The van der Waals surface area contributed by atoms with Crippen LogP contribution in [0.3, 0.4) is 0 Å². The van der Waals surface area contributed by atoms with E-state index < -0.39 is 0 Å². The summed E-state index contributed by atoms with van der Waals surface area (Å²) in [5, 5.41) is 11.5. The quantitative estimate of drug-likeness (QED) is 0.882. The first-order valence-corrected chi connectivity index (χ1v) is 7.87. The van der Waals surface area contributed by atoms with Crippen molar-refractivity contribution >= 4 is 11.7 Å². The van der Waals surface area contributed by atoms with Gasteiger partial charge in [0.15, 0.2) is 5.82 Å². The minimum atomic E-state index is 0.240. The number of aromatic nitrogens is 2. The summed E-state index contributed by atoms with van der Waals surface area (Å²) in [6.45, 7) is 4.22. The molecule has 6 nitrogen and oxygen atoms in total. The van der Waals surface area contributed by atoms with Gasteiger partial charge in [-0.1, -0.05) is 0 Å². The first kappa shape index (κ1) is 14.3. The average Bonchev–Trinajstić information content (AvgIpc) is 3.08. The van der Waals surface area contributed by atoms with Crippen molar-refractivity contribution in [2.24, 2.45) is 0 Å². The van der Waals surface area contributed by atoms with Gasteiger partial charge in [-0.2, -0.15) is 5.10 Å². The van der Waals surface area contributed by atoms with E-state index in [1.165, 1.54) is 0 Å². The molecule has 0 saturated carbocycles. The molecular formula is C15H23N5O. The molecule has 0 spiro atoms. The number of carbonyl (C=O) groups is 1. The summed E-state index contributed by atoms with van der Waals surface area (Å²) in [4.78, 5) is 16.3. The van der Waals surface area contributed by atoms with Crippen LogP contribution >= 0.6 is 0 Å². The molecule has 1 aromatic rings. The smallest absolute Gasteiger partial charge is 0.236 e. The lowest BCUT2D eigenvalue weighted by Gasteiger charge is -2.33. The molecule has 0 aromatic carbocycles. The maximum Gasteiger partial charge on any atom is 0.236 e. The lowest BCUT2D eigenvalue weighted by molar-refractivity contribution is -0.129. The highest BCUT2D eigenvalue weighted by molar-refractivity contribution is 5.78. The Balaban J connectivity index is 1.48. The predicted octanol–water partition coefficient (Wildman–Crippen LogP) is 0.657. The number of rotatable bonds is 4. The normalized spacial score (nSPS) is 22.6. The molecule has 1 atom stereocenters. The van der Waals surface area contributed by atoms with Crippen molar-refractivity contribution in [2.75, 3.05) is 37.6 Å². The molecule has 1 amide bonds. The zero-order valence-corrected chi connectivity index (χ0v) is 12.4. The molecule has 114 valence electrons. The third kappa shape index (κ3) is 3.69. The van der Waals surface area contributed by atoms with Gasteiger partial charge in [0.2, 0.25) is 5.91 Å². The molecule has 0 aliphatic carbocycles. The Morgan fingerprint density at radius 3 is 2.90 bits per heavy atom. The number of anilines is 1. The zero-order valence-electron chi connectivity index (χ0n) is 12.4. The minimum absolute atomic E-state index is 0.240. The molecular weight excluding hydrogens is 266 g/mol. The molecule has 0 bridgehead atoms. The van der Waals surface area contributed by atoms with E-state index in [1.54, 1.807) is 6.20 Å². The first-order chi connectivity index (χ1) is 10.3. The van der Waals surface area contributed by atoms with Gasteiger partial charge >= 0.3 is 0 Å². The fraction of sp³-hybridized carbons (Fsp3) is 0.667. The van der Waals surface area contributed by atoms with E-state index in [0.29, 0.717) is 12.6 Å². The highest BCUT2D eigenvalue weighted by Gasteiger charge is 2.23. The van der Waals surface area contributed by atoms with Crippen molar-refractivity contribution in [1.29, 1.82) is 0 Å². The average molecular weight is 289 g/mol. The molecule has 0 radical (unpaired) electrons. The van der Waals surface area contributed by atoms with Crippen molar-refractivity contribution in [2.45, 2.75) is 31.7 Å². The topological polar surface area (TPSA) is 61.4 Å². The molecule has 1 aromatic heterocycles. The summed E-state index contributed by atoms with van der Waals surface area (Å²) in [6.07, 6.45) is 6.22. The fourth-order valence-electron chi connectivity index (χ4n) is 3.12. The number of likely N-dealkylation sites (tertiary alicyclic amines) is 1. The van der Waals surface area contributed by atoms with Gasteiger partial charge in [0, 0.05) is 38.4 Å². The second kappa shape index (κ2) is 6.85. The van der Waals surface area contributed by atoms with Crippen molar-refractivity contribution < 1.29 is 4.79 Å². The Bertz CT molecular complexity index is 460. The number of nitrogens with one attached hydrogen (secondary N) is 1. The van der Waals surface area contributed by atoms with Gasteiger partial charge in [0.1, 0.15) is 0 Å². The number of hydrogen-bond acceptors (Lipinski definition) is 5. The van der Waals surface area contributed by atoms with Crippen LogP contribution in [0.2, 0.25) is 0 Å². The van der Waals surface area contributed by atoms with Gasteiger partial charge in [0.25, 0.3) is 0 Å². The van der Waals surface area contributed by atoms with E-state index in [1.807, 2.05) is 17.0 Å². The second-order valence-corrected chi connectivity index (χ2v) is 5.84. The molecule has 3 heterocycles. The summed E-state index contributed by atoms with van der Waals surface area (Å²) in [6, 6.07) is 4.26. The number of nitrogens with zero attached hydrogens (tertiary/aromatic N) is 4. The van der Waals surface area contributed by atoms with Crippen LogP contribution in [0, 0.1) is 0 Å². The largest absolute Gasteiger partial charge is 0.354 e.